The van der Waals surface area contributed by atoms with Gasteiger partial charge in [-0.2, -0.15) is 0 Å². The molecule has 0 bridgehead atoms. The first kappa shape index (κ1) is 25.6. The Kier molecular flexibility index (Phi) is 7.58. The highest BCUT2D eigenvalue weighted by atomic mass is 16.6. The highest BCUT2D eigenvalue weighted by Gasteiger charge is 2.32. The Labute approximate surface area is 228 Å². The fraction of sp³-hybridized carbons (Fsp3) is 0.467. The van der Waals surface area contributed by atoms with Crippen LogP contribution < -0.4 is 15.0 Å². The van der Waals surface area contributed by atoms with Crippen LogP contribution in [0.2, 0.25) is 0 Å². The number of hydrogen-bond acceptors (Lipinski definition) is 7. The number of fused-ring (bicyclic) bond motifs is 2. The Morgan fingerprint density at radius 3 is 2.59 bits per heavy atom. The van der Waals surface area contributed by atoms with Crippen LogP contribution in [-0.2, 0) is 19.5 Å². The maximum absolute atomic E-state index is 13.3. The molecule has 9 nitrogen and oxygen atoms in total. The minimum atomic E-state index is -0.0708. The molecular weight excluding hydrogens is 492 g/mol. The lowest BCUT2D eigenvalue weighted by Gasteiger charge is -2.39. The second kappa shape index (κ2) is 11.6. The zero-order valence-electron chi connectivity index (χ0n) is 22.5. The van der Waals surface area contributed by atoms with Crippen molar-refractivity contribution in [2.75, 3.05) is 13.2 Å². The number of H-pyrrole nitrogens is 1. The summed E-state index contributed by atoms with van der Waals surface area (Å²) in [5.41, 5.74) is 2.69. The van der Waals surface area contributed by atoms with Crippen molar-refractivity contribution in [2.45, 2.75) is 77.0 Å². The minimum Gasteiger partial charge on any atom is -0.486 e. The molecule has 0 amide bonds. The van der Waals surface area contributed by atoms with E-state index in [0.717, 1.165) is 53.7 Å². The van der Waals surface area contributed by atoms with Crippen molar-refractivity contribution in [3.05, 3.63) is 75.8 Å². The number of benzene rings is 2. The number of aromatic amines is 1. The monoisotopic (exact) mass is 528 g/mol. The first-order valence-electron chi connectivity index (χ1n) is 14.2. The number of tetrazole rings is 1. The predicted molar refractivity (Wildman–Crippen MR) is 149 cm³/mol. The molecule has 204 valence electrons. The van der Waals surface area contributed by atoms with E-state index in [1.54, 1.807) is 0 Å². The summed E-state index contributed by atoms with van der Waals surface area (Å²) in [6, 6.07) is 16.6. The number of hydrogen-bond donors (Lipinski definition) is 1. The summed E-state index contributed by atoms with van der Waals surface area (Å²) in [6.07, 6.45) is 7.62. The van der Waals surface area contributed by atoms with Gasteiger partial charge in [-0.3, -0.25) is 9.69 Å². The summed E-state index contributed by atoms with van der Waals surface area (Å²) >= 11 is 0. The molecule has 1 N–H and O–H groups in total. The number of pyridine rings is 1. The van der Waals surface area contributed by atoms with Crippen LogP contribution in [0.4, 0.5) is 0 Å². The van der Waals surface area contributed by atoms with E-state index in [2.05, 4.69) is 56.6 Å². The maximum atomic E-state index is 13.3. The van der Waals surface area contributed by atoms with Crippen LogP contribution in [0.3, 0.4) is 0 Å². The normalized spacial score (nSPS) is 16.6. The molecule has 9 heteroatoms. The highest BCUT2D eigenvalue weighted by Crippen LogP contribution is 2.35. The number of aryl methyl sites for hydroxylation is 2. The van der Waals surface area contributed by atoms with Gasteiger partial charge >= 0.3 is 0 Å². The quantitative estimate of drug-likeness (QED) is 0.333. The van der Waals surface area contributed by atoms with Gasteiger partial charge in [-0.15, -0.1) is 5.10 Å². The zero-order chi connectivity index (χ0) is 26.6. The summed E-state index contributed by atoms with van der Waals surface area (Å²) < 4.78 is 13.5. The third-order valence-electron chi connectivity index (χ3n) is 8.08. The number of nitrogens with zero attached hydrogens (tertiary/aromatic N) is 5. The van der Waals surface area contributed by atoms with Gasteiger partial charge in [0.1, 0.15) is 13.2 Å². The van der Waals surface area contributed by atoms with Crippen molar-refractivity contribution >= 4 is 10.9 Å². The molecule has 3 heterocycles. The summed E-state index contributed by atoms with van der Waals surface area (Å²) in [5.74, 6) is 2.27. The van der Waals surface area contributed by atoms with E-state index >= 15 is 0 Å². The third kappa shape index (κ3) is 5.54. The molecule has 0 spiro atoms. The maximum Gasteiger partial charge on any atom is 0.252 e. The van der Waals surface area contributed by atoms with Crippen LogP contribution in [0, 0.1) is 0 Å². The Hall–Kier alpha value is -3.72. The lowest BCUT2D eigenvalue weighted by molar-refractivity contribution is 0.0841. The molecule has 1 aliphatic carbocycles. The van der Waals surface area contributed by atoms with Crippen molar-refractivity contribution in [1.29, 1.82) is 0 Å². The molecule has 2 aromatic heterocycles. The van der Waals surface area contributed by atoms with Gasteiger partial charge in [0.15, 0.2) is 17.3 Å². The largest absolute Gasteiger partial charge is 0.486 e. The highest BCUT2D eigenvalue weighted by molar-refractivity contribution is 5.83. The molecule has 0 radical (unpaired) electrons. The van der Waals surface area contributed by atoms with Gasteiger partial charge in [-0.25, -0.2) is 4.68 Å². The van der Waals surface area contributed by atoms with E-state index < -0.39 is 0 Å². The molecule has 39 heavy (non-hydrogen) atoms. The third-order valence-corrected chi connectivity index (χ3v) is 8.08. The fourth-order valence-electron chi connectivity index (χ4n) is 6.06. The minimum absolute atomic E-state index is 0.00855. The molecular formula is C30H36N6O3. The molecule has 6 rings (SSSR count). The van der Waals surface area contributed by atoms with E-state index in [0.29, 0.717) is 38.1 Å². The Bertz CT molecular complexity index is 1460. The van der Waals surface area contributed by atoms with E-state index in [-0.39, 0.29) is 11.6 Å². The van der Waals surface area contributed by atoms with E-state index in [1.165, 1.54) is 24.8 Å². The smallest absolute Gasteiger partial charge is 0.252 e. The predicted octanol–water partition coefficient (Wildman–Crippen LogP) is 4.81. The zero-order valence-corrected chi connectivity index (χ0v) is 22.5. The van der Waals surface area contributed by atoms with Gasteiger partial charge in [-0.1, -0.05) is 56.5 Å². The summed E-state index contributed by atoms with van der Waals surface area (Å²) in [6.45, 7) is 4.48. The average molecular weight is 529 g/mol. The van der Waals surface area contributed by atoms with E-state index in [4.69, 9.17) is 9.47 Å². The van der Waals surface area contributed by atoms with Crippen molar-refractivity contribution in [1.82, 2.24) is 30.1 Å². The SMILES string of the molecule is CC[C@H](c1nnnn1CCc1ccccc1)N(Cc1cc2cc3c(cc2[nH]c1=O)OCCO3)C1CCCCC1. The Morgan fingerprint density at radius 2 is 1.82 bits per heavy atom. The fourth-order valence-corrected chi connectivity index (χ4v) is 6.06. The molecule has 1 atom stereocenters. The second-order valence-electron chi connectivity index (χ2n) is 10.6. The summed E-state index contributed by atoms with van der Waals surface area (Å²) in [7, 11) is 0. The lowest BCUT2D eigenvalue weighted by Crippen LogP contribution is -2.41. The molecule has 0 unspecified atom stereocenters. The first-order valence-corrected chi connectivity index (χ1v) is 14.2. The number of aromatic nitrogens is 5. The van der Waals surface area contributed by atoms with Gasteiger partial charge in [0.05, 0.1) is 11.6 Å². The second-order valence-corrected chi connectivity index (χ2v) is 10.6. The average Bonchev–Trinajstić information content (AvgIpc) is 3.44. The lowest BCUT2D eigenvalue weighted by atomic mass is 9.92. The number of nitrogens with one attached hydrogen (secondary N) is 1. The summed E-state index contributed by atoms with van der Waals surface area (Å²) in [5, 5.41) is 13.9. The van der Waals surface area contributed by atoms with Crippen LogP contribution in [0.5, 0.6) is 11.5 Å². The molecule has 2 aromatic carbocycles. The van der Waals surface area contributed by atoms with Crippen LogP contribution in [-0.4, -0.2) is 49.3 Å². The molecule has 1 fully saturated rings. The van der Waals surface area contributed by atoms with Crippen LogP contribution in [0.25, 0.3) is 10.9 Å². The van der Waals surface area contributed by atoms with Crippen molar-refractivity contribution in [3.63, 3.8) is 0 Å². The van der Waals surface area contributed by atoms with Gasteiger partial charge < -0.3 is 14.5 Å². The van der Waals surface area contributed by atoms with E-state index in [1.807, 2.05) is 28.9 Å². The standard InChI is InChI=1S/C30H36N6O3/c1-2-26(29-32-33-34-36(29)14-13-21-9-5-3-6-10-21)35(24-11-7-4-8-12-24)20-23-17-22-18-27-28(39-16-15-38-27)19-25(22)31-30(23)37/h3,5-6,9-10,17-19,24,26H,2,4,7-8,11-16,20H2,1H3,(H,31,37)/t26-/m1/s1. The van der Waals surface area contributed by atoms with Gasteiger partial charge in [-0.05, 0) is 53.8 Å². The van der Waals surface area contributed by atoms with Gasteiger partial charge in [0.2, 0.25) is 0 Å². The van der Waals surface area contributed by atoms with E-state index in [9.17, 15) is 4.79 Å². The molecule has 4 aromatic rings. The van der Waals surface area contributed by atoms with Crippen molar-refractivity contribution in [3.8, 4) is 11.5 Å². The summed E-state index contributed by atoms with van der Waals surface area (Å²) in [4.78, 5) is 18.9. The van der Waals surface area contributed by atoms with Crippen molar-refractivity contribution in [2.24, 2.45) is 0 Å². The molecule has 1 saturated carbocycles. The first-order chi connectivity index (χ1) is 19.2. The van der Waals surface area contributed by atoms with Crippen LogP contribution in [0.15, 0.2) is 53.3 Å². The molecule has 1 aliphatic heterocycles. The molecule has 0 saturated heterocycles. The Balaban J connectivity index is 1.32. The van der Waals surface area contributed by atoms with Gasteiger partial charge in [0.25, 0.3) is 5.56 Å². The topological polar surface area (TPSA) is 98.2 Å². The number of ether oxygens (including phenoxy) is 2. The van der Waals surface area contributed by atoms with Crippen LogP contribution >= 0.6 is 0 Å². The number of rotatable bonds is 9. The van der Waals surface area contributed by atoms with Crippen LogP contribution in [0.1, 0.15) is 68.4 Å². The van der Waals surface area contributed by atoms with Crippen molar-refractivity contribution < 1.29 is 9.47 Å². The van der Waals surface area contributed by atoms with Gasteiger partial charge in [0, 0.05) is 36.1 Å². The Morgan fingerprint density at radius 1 is 1.05 bits per heavy atom. The molecule has 2 aliphatic rings.